The van der Waals surface area contributed by atoms with Gasteiger partial charge in [0.15, 0.2) is 0 Å². The fourth-order valence-corrected chi connectivity index (χ4v) is 2.83. The minimum absolute atomic E-state index is 0.137. The molecular formula is C23H20F3NO4. The van der Waals surface area contributed by atoms with Gasteiger partial charge in [0.25, 0.3) is 5.91 Å². The van der Waals surface area contributed by atoms with Gasteiger partial charge in [-0.25, -0.2) is 0 Å². The fourth-order valence-electron chi connectivity index (χ4n) is 2.83. The Morgan fingerprint density at radius 1 is 0.903 bits per heavy atom. The fraction of sp³-hybridized carbons (Fsp3) is 0.174. The molecule has 162 valence electrons. The van der Waals surface area contributed by atoms with Gasteiger partial charge >= 0.3 is 6.18 Å². The van der Waals surface area contributed by atoms with Gasteiger partial charge in [-0.1, -0.05) is 6.07 Å². The van der Waals surface area contributed by atoms with E-state index in [0.717, 1.165) is 12.1 Å². The Morgan fingerprint density at radius 2 is 1.61 bits per heavy atom. The molecule has 3 aromatic carbocycles. The van der Waals surface area contributed by atoms with Crippen molar-refractivity contribution in [3.05, 3.63) is 83.4 Å². The number of carbonyl (C=O) groups is 1. The van der Waals surface area contributed by atoms with Gasteiger partial charge in [-0.3, -0.25) is 4.79 Å². The lowest BCUT2D eigenvalue weighted by molar-refractivity contribution is -0.137. The van der Waals surface area contributed by atoms with E-state index < -0.39 is 17.6 Å². The van der Waals surface area contributed by atoms with Gasteiger partial charge < -0.3 is 19.5 Å². The highest BCUT2D eigenvalue weighted by molar-refractivity contribution is 6.04. The van der Waals surface area contributed by atoms with Gasteiger partial charge in [0.05, 0.1) is 19.8 Å². The molecule has 0 aliphatic rings. The molecule has 0 saturated carbocycles. The highest BCUT2D eigenvalue weighted by atomic mass is 19.4. The Bertz CT molecular complexity index is 1050. The van der Waals surface area contributed by atoms with Crippen LogP contribution in [0.5, 0.6) is 17.2 Å². The molecule has 0 bridgehead atoms. The molecule has 1 amide bonds. The van der Waals surface area contributed by atoms with E-state index in [0.29, 0.717) is 28.4 Å². The van der Waals surface area contributed by atoms with Gasteiger partial charge in [-0.05, 0) is 54.6 Å². The second-order valence-electron chi connectivity index (χ2n) is 6.52. The molecule has 0 aliphatic heterocycles. The molecule has 8 heteroatoms. The van der Waals surface area contributed by atoms with Gasteiger partial charge in [0.2, 0.25) is 0 Å². The Balaban J connectivity index is 1.73. The second kappa shape index (κ2) is 9.42. The predicted molar refractivity (Wildman–Crippen MR) is 110 cm³/mol. The maximum Gasteiger partial charge on any atom is 0.416 e. The summed E-state index contributed by atoms with van der Waals surface area (Å²) in [5.74, 6) is 1.30. The number of rotatable bonds is 7. The van der Waals surface area contributed by atoms with E-state index in [4.69, 9.17) is 14.2 Å². The monoisotopic (exact) mass is 431 g/mol. The van der Waals surface area contributed by atoms with E-state index in [1.165, 1.54) is 19.2 Å². The van der Waals surface area contributed by atoms with Crippen LogP contribution in [-0.2, 0) is 12.8 Å². The third-order valence-electron chi connectivity index (χ3n) is 4.45. The minimum Gasteiger partial charge on any atom is -0.497 e. The zero-order valence-corrected chi connectivity index (χ0v) is 16.8. The van der Waals surface area contributed by atoms with E-state index in [2.05, 4.69) is 5.32 Å². The van der Waals surface area contributed by atoms with Crippen LogP contribution >= 0.6 is 0 Å². The number of methoxy groups -OCH3 is 2. The SMILES string of the molecule is COc1cccc(OCc2cc(C(=O)Nc3ccc(C(F)(F)F)cc3)ccc2OC)c1. The van der Waals surface area contributed by atoms with Crippen LogP contribution in [0.15, 0.2) is 66.7 Å². The van der Waals surface area contributed by atoms with Crippen molar-refractivity contribution < 1.29 is 32.2 Å². The van der Waals surface area contributed by atoms with Crippen LogP contribution in [0.4, 0.5) is 18.9 Å². The van der Waals surface area contributed by atoms with E-state index >= 15 is 0 Å². The Labute approximate surface area is 177 Å². The molecule has 3 rings (SSSR count). The smallest absolute Gasteiger partial charge is 0.416 e. The highest BCUT2D eigenvalue weighted by Gasteiger charge is 2.30. The number of ether oxygens (including phenoxy) is 3. The third-order valence-corrected chi connectivity index (χ3v) is 4.45. The van der Waals surface area contributed by atoms with E-state index in [1.54, 1.807) is 49.6 Å². The molecule has 0 atom stereocenters. The first-order chi connectivity index (χ1) is 14.8. The number of hydrogen-bond donors (Lipinski definition) is 1. The molecule has 0 saturated heterocycles. The van der Waals surface area contributed by atoms with Crippen molar-refractivity contribution in [1.29, 1.82) is 0 Å². The molecule has 3 aromatic rings. The van der Waals surface area contributed by atoms with Crippen molar-refractivity contribution in [3.8, 4) is 17.2 Å². The topological polar surface area (TPSA) is 56.8 Å². The summed E-state index contributed by atoms with van der Waals surface area (Å²) in [6, 6.07) is 16.1. The summed E-state index contributed by atoms with van der Waals surface area (Å²) in [6.07, 6.45) is -4.43. The van der Waals surface area contributed by atoms with Crippen LogP contribution in [-0.4, -0.2) is 20.1 Å². The van der Waals surface area contributed by atoms with Gasteiger partial charge in [-0.2, -0.15) is 13.2 Å². The zero-order valence-electron chi connectivity index (χ0n) is 16.8. The van der Waals surface area contributed by atoms with Crippen LogP contribution in [0.25, 0.3) is 0 Å². The number of hydrogen-bond acceptors (Lipinski definition) is 4. The first kappa shape index (κ1) is 22.0. The largest absolute Gasteiger partial charge is 0.497 e. The van der Waals surface area contributed by atoms with Crippen molar-refractivity contribution in [2.24, 2.45) is 0 Å². The van der Waals surface area contributed by atoms with E-state index in [1.807, 2.05) is 0 Å². The van der Waals surface area contributed by atoms with Crippen LogP contribution in [0.3, 0.4) is 0 Å². The maximum absolute atomic E-state index is 12.7. The third kappa shape index (κ3) is 5.69. The number of halogens is 3. The molecule has 0 aromatic heterocycles. The summed E-state index contributed by atoms with van der Waals surface area (Å²) in [4.78, 5) is 12.6. The Kier molecular flexibility index (Phi) is 6.69. The predicted octanol–water partition coefficient (Wildman–Crippen LogP) is 5.55. The quantitative estimate of drug-likeness (QED) is 0.533. The summed E-state index contributed by atoms with van der Waals surface area (Å²) in [6.45, 7) is 0.137. The van der Waals surface area contributed by atoms with Crippen LogP contribution < -0.4 is 19.5 Å². The summed E-state index contributed by atoms with van der Waals surface area (Å²) in [7, 11) is 3.06. The zero-order chi connectivity index (χ0) is 22.4. The molecule has 0 fully saturated rings. The van der Waals surface area contributed by atoms with Crippen LogP contribution in [0, 0.1) is 0 Å². The lowest BCUT2D eigenvalue weighted by Crippen LogP contribution is -2.13. The molecule has 1 N–H and O–H groups in total. The van der Waals surface area contributed by atoms with Gasteiger partial charge in [0, 0.05) is 22.9 Å². The Morgan fingerprint density at radius 3 is 2.26 bits per heavy atom. The number of nitrogens with one attached hydrogen (secondary N) is 1. The van der Waals surface area contributed by atoms with Crippen molar-refractivity contribution in [2.75, 3.05) is 19.5 Å². The van der Waals surface area contributed by atoms with Crippen molar-refractivity contribution in [1.82, 2.24) is 0 Å². The molecule has 5 nitrogen and oxygen atoms in total. The number of anilines is 1. The minimum atomic E-state index is -4.43. The average Bonchev–Trinajstić information content (AvgIpc) is 2.77. The molecular weight excluding hydrogens is 411 g/mol. The number of alkyl halides is 3. The lowest BCUT2D eigenvalue weighted by atomic mass is 10.1. The Hall–Kier alpha value is -3.68. The molecule has 0 aliphatic carbocycles. The summed E-state index contributed by atoms with van der Waals surface area (Å²) in [5, 5.41) is 2.59. The first-order valence-corrected chi connectivity index (χ1v) is 9.22. The van der Waals surface area contributed by atoms with Crippen LogP contribution in [0.1, 0.15) is 21.5 Å². The molecule has 0 spiro atoms. The highest BCUT2D eigenvalue weighted by Crippen LogP contribution is 2.30. The molecule has 31 heavy (non-hydrogen) atoms. The summed E-state index contributed by atoms with van der Waals surface area (Å²) in [5.41, 5.74) is 0.408. The second-order valence-corrected chi connectivity index (χ2v) is 6.52. The number of benzene rings is 3. The maximum atomic E-state index is 12.7. The van der Waals surface area contributed by atoms with Gasteiger partial charge in [0.1, 0.15) is 23.9 Å². The van der Waals surface area contributed by atoms with Crippen molar-refractivity contribution in [3.63, 3.8) is 0 Å². The number of carbonyl (C=O) groups excluding carboxylic acids is 1. The molecule has 0 heterocycles. The van der Waals surface area contributed by atoms with Gasteiger partial charge in [-0.15, -0.1) is 0 Å². The van der Waals surface area contributed by atoms with E-state index in [-0.39, 0.29) is 12.3 Å². The lowest BCUT2D eigenvalue weighted by Gasteiger charge is -2.13. The normalized spacial score (nSPS) is 11.0. The van der Waals surface area contributed by atoms with Crippen LogP contribution in [0.2, 0.25) is 0 Å². The van der Waals surface area contributed by atoms with E-state index in [9.17, 15) is 18.0 Å². The average molecular weight is 431 g/mol. The molecule has 0 radical (unpaired) electrons. The summed E-state index contributed by atoms with van der Waals surface area (Å²) < 4.78 is 54.3. The summed E-state index contributed by atoms with van der Waals surface area (Å²) >= 11 is 0. The first-order valence-electron chi connectivity index (χ1n) is 9.22. The van der Waals surface area contributed by atoms with Crippen molar-refractivity contribution in [2.45, 2.75) is 12.8 Å². The number of amides is 1. The molecule has 0 unspecified atom stereocenters. The standard InChI is InChI=1S/C23H20F3NO4/c1-29-19-4-3-5-20(13-19)31-14-16-12-15(6-11-21(16)30-2)22(28)27-18-9-7-17(8-10-18)23(24,25)26/h3-13H,14H2,1-2H3,(H,27,28). The van der Waals surface area contributed by atoms with Crippen molar-refractivity contribution >= 4 is 11.6 Å².